The van der Waals surface area contributed by atoms with Gasteiger partial charge < -0.3 is 0 Å². The first-order valence-corrected chi connectivity index (χ1v) is 5.07. The number of rotatable bonds is 2. The van der Waals surface area contributed by atoms with E-state index in [-0.39, 0.29) is 0 Å². The summed E-state index contributed by atoms with van der Waals surface area (Å²) in [7, 11) is 0. The summed E-state index contributed by atoms with van der Waals surface area (Å²) in [5, 5.41) is 0. The first-order chi connectivity index (χ1) is 5.24. The second-order valence-electron chi connectivity index (χ2n) is 2.83. The van der Waals surface area contributed by atoms with Gasteiger partial charge in [-0.05, 0) is 53.1 Å². The average Bonchev–Trinajstić information content (AvgIpc) is 1.98. The van der Waals surface area contributed by atoms with E-state index in [1.54, 1.807) is 0 Å². The maximum Gasteiger partial charge on any atom is 0.0159 e. The van der Waals surface area contributed by atoms with E-state index in [9.17, 15) is 0 Å². The van der Waals surface area contributed by atoms with Crippen LogP contribution in [0.1, 0.15) is 24.5 Å². The molecule has 0 nitrogen and oxygen atoms in total. The van der Waals surface area contributed by atoms with E-state index < -0.39 is 0 Å². The SMILES string of the molecule is CCCc1ccc(I)c(C)c1. The zero-order chi connectivity index (χ0) is 8.27. The second-order valence-corrected chi connectivity index (χ2v) is 4.00. The van der Waals surface area contributed by atoms with Gasteiger partial charge in [0.15, 0.2) is 0 Å². The van der Waals surface area contributed by atoms with Crippen LogP contribution in [0.3, 0.4) is 0 Å². The highest BCUT2D eigenvalue weighted by Gasteiger charge is 1.95. The van der Waals surface area contributed by atoms with Crippen molar-refractivity contribution in [3.8, 4) is 0 Å². The topological polar surface area (TPSA) is 0 Å². The Morgan fingerprint density at radius 1 is 1.36 bits per heavy atom. The molecule has 0 heterocycles. The van der Waals surface area contributed by atoms with Crippen LogP contribution in [-0.2, 0) is 6.42 Å². The van der Waals surface area contributed by atoms with E-state index >= 15 is 0 Å². The smallest absolute Gasteiger partial charge is 0.0159 e. The fourth-order valence-electron chi connectivity index (χ4n) is 1.15. The van der Waals surface area contributed by atoms with Gasteiger partial charge in [-0.2, -0.15) is 0 Å². The molecule has 60 valence electrons. The molecule has 1 aromatic carbocycles. The van der Waals surface area contributed by atoms with Gasteiger partial charge in [0.1, 0.15) is 0 Å². The highest BCUT2D eigenvalue weighted by molar-refractivity contribution is 14.1. The van der Waals surface area contributed by atoms with E-state index in [1.807, 2.05) is 0 Å². The van der Waals surface area contributed by atoms with Crippen molar-refractivity contribution in [1.82, 2.24) is 0 Å². The first kappa shape index (κ1) is 9.04. The van der Waals surface area contributed by atoms with Crippen molar-refractivity contribution < 1.29 is 0 Å². The third-order valence-electron chi connectivity index (χ3n) is 1.76. The molecule has 0 saturated carbocycles. The molecule has 0 amide bonds. The fraction of sp³-hybridized carbons (Fsp3) is 0.400. The summed E-state index contributed by atoms with van der Waals surface area (Å²) in [6, 6.07) is 6.70. The van der Waals surface area contributed by atoms with Crippen molar-refractivity contribution in [2.45, 2.75) is 26.7 Å². The molecule has 0 atom stereocenters. The highest BCUT2D eigenvalue weighted by Crippen LogP contribution is 2.13. The lowest BCUT2D eigenvalue weighted by atomic mass is 10.1. The Morgan fingerprint density at radius 2 is 2.09 bits per heavy atom. The second kappa shape index (κ2) is 4.10. The Balaban J connectivity index is 2.86. The lowest BCUT2D eigenvalue weighted by Crippen LogP contribution is -1.86. The lowest BCUT2D eigenvalue weighted by molar-refractivity contribution is 0.919. The Bertz CT molecular complexity index is 241. The molecule has 1 rings (SSSR count). The average molecular weight is 260 g/mol. The first-order valence-electron chi connectivity index (χ1n) is 3.99. The zero-order valence-corrected chi connectivity index (χ0v) is 9.18. The third-order valence-corrected chi connectivity index (χ3v) is 2.97. The molecule has 0 bridgehead atoms. The van der Waals surface area contributed by atoms with Crippen molar-refractivity contribution in [3.05, 3.63) is 32.9 Å². The van der Waals surface area contributed by atoms with Crippen LogP contribution in [0.15, 0.2) is 18.2 Å². The number of aryl methyl sites for hydroxylation is 2. The number of hydrogen-bond donors (Lipinski definition) is 0. The van der Waals surface area contributed by atoms with Crippen LogP contribution in [-0.4, -0.2) is 0 Å². The predicted octanol–water partition coefficient (Wildman–Crippen LogP) is 3.55. The standard InChI is InChI=1S/C10H13I/c1-3-4-9-5-6-10(11)8(2)7-9/h5-7H,3-4H2,1-2H3. The molecular weight excluding hydrogens is 247 g/mol. The molecule has 1 aromatic rings. The van der Waals surface area contributed by atoms with Crippen LogP contribution >= 0.6 is 22.6 Å². The van der Waals surface area contributed by atoms with Gasteiger partial charge in [-0.3, -0.25) is 0 Å². The quantitative estimate of drug-likeness (QED) is 0.713. The minimum atomic E-state index is 1.21. The molecule has 0 N–H and O–H groups in total. The molecule has 0 aliphatic heterocycles. The molecule has 0 aliphatic carbocycles. The van der Waals surface area contributed by atoms with Gasteiger partial charge in [-0.15, -0.1) is 0 Å². The van der Waals surface area contributed by atoms with E-state index in [0.29, 0.717) is 0 Å². The van der Waals surface area contributed by atoms with Crippen LogP contribution in [0.5, 0.6) is 0 Å². The van der Waals surface area contributed by atoms with Crippen LogP contribution in [0.2, 0.25) is 0 Å². The van der Waals surface area contributed by atoms with Gasteiger partial charge >= 0.3 is 0 Å². The molecule has 0 saturated heterocycles. The van der Waals surface area contributed by atoms with Crippen molar-refractivity contribution >= 4 is 22.6 Å². The van der Waals surface area contributed by atoms with Crippen LogP contribution in [0.4, 0.5) is 0 Å². The van der Waals surface area contributed by atoms with Gasteiger partial charge in [-0.25, -0.2) is 0 Å². The minimum Gasteiger partial charge on any atom is -0.0651 e. The zero-order valence-electron chi connectivity index (χ0n) is 7.02. The summed E-state index contributed by atoms with van der Waals surface area (Å²) in [5.74, 6) is 0. The van der Waals surface area contributed by atoms with E-state index in [1.165, 1.54) is 27.5 Å². The summed E-state index contributed by atoms with van der Waals surface area (Å²) in [6.07, 6.45) is 2.44. The predicted molar refractivity (Wildman–Crippen MR) is 57.9 cm³/mol. The molecule has 0 aromatic heterocycles. The van der Waals surface area contributed by atoms with Crippen molar-refractivity contribution in [2.75, 3.05) is 0 Å². The van der Waals surface area contributed by atoms with E-state index in [2.05, 4.69) is 54.6 Å². The maximum absolute atomic E-state index is 2.37. The summed E-state index contributed by atoms with van der Waals surface area (Å²) < 4.78 is 1.36. The van der Waals surface area contributed by atoms with Gasteiger partial charge in [0, 0.05) is 3.57 Å². The largest absolute Gasteiger partial charge is 0.0651 e. The van der Waals surface area contributed by atoms with Crippen LogP contribution < -0.4 is 0 Å². The summed E-state index contributed by atoms with van der Waals surface area (Å²) in [5.41, 5.74) is 2.86. The number of hydrogen-bond acceptors (Lipinski definition) is 0. The molecule has 0 fully saturated rings. The summed E-state index contributed by atoms with van der Waals surface area (Å²) in [4.78, 5) is 0. The molecular formula is C10H13I. The van der Waals surface area contributed by atoms with Crippen LogP contribution in [0, 0.1) is 10.5 Å². The Labute approximate surface area is 82.2 Å². The van der Waals surface area contributed by atoms with Gasteiger partial charge in [0.05, 0.1) is 0 Å². The Hall–Kier alpha value is -0.0500. The van der Waals surface area contributed by atoms with Gasteiger partial charge in [0.25, 0.3) is 0 Å². The van der Waals surface area contributed by atoms with Crippen molar-refractivity contribution in [1.29, 1.82) is 0 Å². The number of benzene rings is 1. The van der Waals surface area contributed by atoms with Crippen molar-refractivity contribution in [2.24, 2.45) is 0 Å². The Morgan fingerprint density at radius 3 is 2.64 bits per heavy atom. The molecule has 0 unspecified atom stereocenters. The highest BCUT2D eigenvalue weighted by atomic mass is 127. The Kier molecular flexibility index (Phi) is 3.37. The summed E-state index contributed by atoms with van der Waals surface area (Å²) >= 11 is 2.37. The van der Waals surface area contributed by atoms with Gasteiger partial charge in [0.2, 0.25) is 0 Å². The minimum absolute atomic E-state index is 1.21. The molecule has 0 spiro atoms. The van der Waals surface area contributed by atoms with E-state index in [0.717, 1.165) is 0 Å². The fourth-order valence-corrected chi connectivity index (χ4v) is 1.49. The molecule has 1 heteroatoms. The maximum atomic E-state index is 2.37. The lowest BCUT2D eigenvalue weighted by Gasteiger charge is -2.01. The van der Waals surface area contributed by atoms with E-state index in [4.69, 9.17) is 0 Å². The third kappa shape index (κ3) is 2.47. The normalized spacial score (nSPS) is 10.1. The van der Waals surface area contributed by atoms with Crippen LogP contribution in [0.25, 0.3) is 0 Å². The molecule has 11 heavy (non-hydrogen) atoms. The monoisotopic (exact) mass is 260 g/mol. The molecule has 0 radical (unpaired) electrons. The molecule has 0 aliphatic rings. The van der Waals surface area contributed by atoms with Gasteiger partial charge in [-0.1, -0.05) is 25.5 Å². The van der Waals surface area contributed by atoms with Crippen molar-refractivity contribution in [3.63, 3.8) is 0 Å². The summed E-state index contributed by atoms with van der Waals surface area (Å²) in [6.45, 7) is 4.38. The number of halogens is 1.